The largest absolute Gasteiger partial charge is 0.481 e. The van der Waals surface area contributed by atoms with E-state index in [9.17, 15) is 27.2 Å². The van der Waals surface area contributed by atoms with Gasteiger partial charge in [0, 0.05) is 5.41 Å². The molecule has 3 N–H and O–H groups in total. The topological polar surface area (TPSA) is 141 Å². The highest BCUT2D eigenvalue weighted by atomic mass is 32.2. The van der Waals surface area contributed by atoms with E-state index in [1.807, 2.05) is 0 Å². The van der Waals surface area contributed by atoms with Gasteiger partial charge >= 0.3 is 11.9 Å². The summed E-state index contributed by atoms with van der Waals surface area (Å²) in [5.74, 6) is -2.04. The van der Waals surface area contributed by atoms with Crippen LogP contribution in [0.15, 0.2) is 0 Å². The number of nitrogens with two attached hydrogens (primary N) is 1. The number of carboxylic acid groups (broad SMARTS) is 1. The zero-order chi connectivity index (χ0) is 19.8. The van der Waals surface area contributed by atoms with Crippen molar-refractivity contribution in [2.75, 3.05) is 13.3 Å². The minimum atomic E-state index is -3.79. The number of halogens is 1. The number of carboxylic acids is 1. The van der Waals surface area contributed by atoms with Crippen LogP contribution in [0.25, 0.3) is 0 Å². The van der Waals surface area contributed by atoms with Gasteiger partial charge in [0.25, 0.3) is 0 Å². The Bertz CT molecular complexity index is 555. The van der Waals surface area contributed by atoms with E-state index in [2.05, 4.69) is 4.74 Å². The summed E-state index contributed by atoms with van der Waals surface area (Å²) in [5, 5.41) is 13.1. The number of primary sulfonamides is 1. The minimum absolute atomic E-state index is 0.108. The van der Waals surface area contributed by atoms with Crippen molar-refractivity contribution in [1.29, 1.82) is 0 Å². The first kappa shape index (κ1) is 24.7. The second kappa shape index (κ2) is 9.67. The lowest BCUT2D eigenvalue weighted by atomic mass is 9.91. The van der Waals surface area contributed by atoms with E-state index in [0.29, 0.717) is 0 Å². The van der Waals surface area contributed by atoms with Crippen molar-refractivity contribution in [3.63, 3.8) is 0 Å². The Morgan fingerprint density at radius 2 is 1.62 bits per heavy atom. The van der Waals surface area contributed by atoms with Gasteiger partial charge in [-0.1, -0.05) is 13.8 Å². The van der Waals surface area contributed by atoms with Crippen LogP contribution < -0.4 is 5.14 Å². The lowest BCUT2D eigenvalue weighted by Crippen LogP contribution is -2.42. The highest BCUT2D eigenvalue weighted by Gasteiger charge is 2.32. The number of carbonyl (C=O) groups is 3. The maximum atomic E-state index is 11.9. The van der Waals surface area contributed by atoms with Crippen LogP contribution in [0, 0.1) is 5.41 Å². The summed E-state index contributed by atoms with van der Waals surface area (Å²) in [6, 6.07) is 0. The van der Waals surface area contributed by atoms with Crippen LogP contribution in [0.1, 0.15) is 47.5 Å². The maximum Gasteiger partial charge on any atom is 0.313 e. The van der Waals surface area contributed by atoms with Gasteiger partial charge in [-0.05, 0) is 20.8 Å². The number of ether oxygens (including phenoxy) is 1. The fraction of sp³-hybridized carbons (Fsp3) is 0.786. The van der Waals surface area contributed by atoms with E-state index < -0.39 is 38.8 Å². The van der Waals surface area contributed by atoms with Gasteiger partial charge in [0.1, 0.15) is 23.6 Å². The molecule has 0 saturated heterocycles. The number of carbonyl (C=O) groups excluding carboxylic acids is 2. The van der Waals surface area contributed by atoms with Crippen molar-refractivity contribution in [1.82, 2.24) is 0 Å². The number of hydrogen-bond acceptors (Lipinski definition) is 6. The number of ketones is 1. The molecule has 0 amide bonds. The van der Waals surface area contributed by atoms with Gasteiger partial charge in [0.2, 0.25) is 10.0 Å². The number of hydrogen-bond donors (Lipinski definition) is 2. The molecule has 0 aromatic heterocycles. The molecule has 0 unspecified atom stereocenters. The Hall–Kier alpha value is -1.55. The number of Topliss-reactive ketones (excluding diaryl/α,β-unsaturated/α-hetero) is 1. The molecule has 0 bridgehead atoms. The fourth-order valence-corrected chi connectivity index (χ4v) is 1.27. The standard InChI is InChI=1S/C8H15NO5S.C6H11FO2/c1-6(10)4-7(11)14-5-8(2,3)15(9,12)13;1-6(2,4-7)3-5(8)9/h4-5H2,1-3H3,(H2,9,12,13);3-4H2,1-2H3,(H,8,9). The average molecular weight is 371 g/mol. The fourth-order valence-electron chi connectivity index (χ4n) is 1.05. The Kier molecular flexibility index (Phi) is 9.96. The van der Waals surface area contributed by atoms with E-state index in [1.54, 1.807) is 13.8 Å². The smallest absolute Gasteiger partial charge is 0.313 e. The third-order valence-corrected chi connectivity index (χ3v) is 4.39. The summed E-state index contributed by atoms with van der Waals surface area (Å²) >= 11 is 0. The summed E-state index contributed by atoms with van der Waals surface area (Å²) < 4.78 is 37.2. The molecule has 0 aliphatic rings. The van der Waals surface area contributed by atoms with Gasteiger partial charge in [0.15, 0.2) is 0 Å². The van der Waals surface area contributed by atoms with Crippen LogP contribution in [0.2, 0.25) is 0 Å². The first-order valence-electron chi connectivity index (χ1n) is 6.99. The lowest BCUT2D eigenvalue weighted by molar-refractivity contribution is -0.146. The predicted octanol–water partition coefficient (Wildman–Crippen LogP) is 1.03. The molecular weight excluding hydrogens is 345 g/mol. The van der Waals surface area contributed by atoms with E-state index in [4.69, 9.17) is 10.2 Å². The molecule has 142 valence electrons. The SMILES string of the molecule is CC(=O)CC(=O)OCC(C)(C)S(N)(=O)=O.CC(C)(CF)CC(=O)O. The lowest BCUT2D eigenvalue weighted by Gasteiger charge is -2.21. The summed E-state index contributed by atoms with van der Waals surface area (Å²) in [5.41, 5.74) is -0.703. The van der Waals surface area contributed by atoms with Crippen LogP contribution in [0.3, 0.4) is 0 Å². The van der Waals surface area contributed by atoms with Crippen LogP contribution >= 0.6 is 0 Å². The van der Waals surface area contributed by atoms with Gasteiger partial charge in [-0.25, -0.2) is 13.6 Å². The summed E-state index contributed by atoms with van der Waals surface area (Å²) in [4.78, 5) is 31.5. The second-order valence-electron chi connectivity index (χ2n) is 6.71. The zero-order valence-electron chi connectivity index (χ0n) is 14.6. The molecule has 0 rings (SSSR count). The molecule has 0 aromatic carbocycles. The van der Waals surface area contributed by atoms with E-state index in [0.717, 1.165) is 0 Å². The number of sulfonamides is 1. The molecule has 0 radical (unpaired) electrons. The van der Waals surface area contributed by atoms with Crippen molar-refractivity contribution in [2.45, 2.75) is 52.2 Å². The second-order valence-corrected chi connectivity index (χ2v) is 8.91. The molecule has 0 spiro atoms. The number of aliphatic carboxylic acids is 1. The van der Waals surface area contributed by atoms with Crippen molar-refractivity contribution < 1.29 is 37.0 Å². The molecule has 10 heteroatoms. The maximum absolute atomic E-state index is 11.9. The van der Waals surface area contributed by atoms with Crippen molar-refractivity contribution in [3.8, 4) is 0 Å². The van der Waals surface area contributed by atoms with Crippen LogP contribution in [-0.4, -0.2) is 49.3 Å². The van der Waals surface area contributed by atoms with Crippen molar-refractivity contribution >= 4 is 27.7 Å². The third-order valence-electron chi connectivity index (χ3n) is 2.74. The van der Waals surface area contributed by atoms with Gasteiger partial charge < -0.3 is 9.84 Å². The Labute approximate surface area is 141 Å². The molecule has 0 atom stereocenters. The van der Waals surface area contributed by atoms with Gasteiger partial charge in [-0.15, -0.1) is 0 Å². The van der Waals surface area contributed by atoms with E-state index >= 15 is 0 Å². The summed E-state index contributed by atoms with van der Waals surface area (Å²) in [6.07, 6.45) is -0.468. The monoisotopic (exact) mass is 371 g/mol. The zero-order valence-corrected chi connectivity index (χ0v) is 15.4. The molecule has 0 aliphatic heterocycles. The molecule has 0 fully saturated rings. The molecular formula is C14H26FNO7S. The predicted molar refractivity (Wildman–Crippen MR) is 85.5 cm³/mol. The number of rotatable bonds is 8. The minimum Gasteiger partial charge on any atom is -0.481 e. The highest BCUT2D eigenvalue weighted by molar-refractivity contribution is 7.90. The molecule has 0 heterocycles. The molecule has 0 aromatic rings. The summed E-state index contributed by atoms with van der Waals surface area (Å²) in [7, 11) is -3.79. The van der Waals surface area contributed by atoms with Gasteiger partial charge in [0.05, 0.1) is 13.1 Å². The van der Waals surface area contributed by atoms with E-state index in [1.165, 1.54) is 20.8 Å². The first-order valence-corrected chi connectivity index (χ1v) is 8.54. The Morgan fingerprint density at radius 1 is 1.17 bits per heavy atom. The highest BCUT2D eigenvalue weighted by Crippen LogP contribution is 2.19. The Morgan fingerprint density at radius 3 is 1.88 bits per heavy atom. The Balaban J connectivity index is 0. The summed E-state index contributed by atoms with van der Waals surface area (Å²) in [6.45, 7) is 6.14. The number of alkyl halides is 1. The average Bonchev–Trinajstić information content (AvgIpc) is 2.33. The molecule has 0 saturated carbocycles. The third kappa shape index (κ3) is 11.9. The molecule has 24 heavy (non-hydrogen) atoms. The molecule has 8 nitrogen and oxygen atoms in total. The normalized spacial score (nSPS) is 12.0. The first-order chi connectivity index (χ1) is 10.5. The van der Waals surface area contributed by atoms with Crippen LogP contribution in [-0.2, 0) is 29.1 Å². The number of esters is 1. The quantitative estimate of drug-likeness (QED) is 0.479. The van der Waals surface area contributed by atoms with Gasteiger partial charge in [-0.3, -0.25) is 18.8 Å². The van der Waals surface area contributed by atoms with Gasteiger partial charge in [-0.2, -0.15) is 0 Å². The van der Waals surface area contributed by atoms with Crippen LogP contribution in [0.4, 0.5) is 4.39 Å². The van der Waals surface area contributed by atoms with Crippen molar-refractivity contribution in [3.05, 3.63) is 0 Å². The van der Waals surface area contributed by atoms with Crippen molar-refractivity contribution in [2.24, 2.45) is 10.6 Å². The van der Waals surface area contributed by atoms with Crippen LogP contribution in [0.5, 0.6) is 0 Å². The molecule has 0 aliphatic carbocycles. The van der Waals surface area contributed by atoms with E-state index in [-0.39, 0.29) is 25.2 Å².